The summed E-state index contributed by atoms with van der Waals surface area (Å²) in [6, 6.07) is 0. The first kappa shape index (κ1) is 23.1. The topological polar surface area (TPSA) is 20.2 Å². The Labute approximate surface area is 61.1 Å². The van der Waals surface area contributed by atoms with Crippen molar-refractivity contribution in [3.63, 3.8) is 0 Å². The van der Waals surface area contributed by atoms with Crippen LogP contribution in [0.25, 0.3) is 0 Å². The van der Waals surface area contributed by atoms with Crippen LogP contribution in [0.15, 0.2) is 0 Å². The molecule has 0 aromatic rings. The SMILES string of the molecule is C.C.C.CC(C)CCO. The zero-order chi connectivity index (χ0) is 4.99. The summed E-state index contributed by atoms with van der Waals surface area (Å²) in [7, 11) is 0. The summed E-state index contributed by atoms with van der Waals surface area (Å²) in [4.78, 5) is 0. The average molecular weight is 136 g/mol. The molecule has 0 aliphatic carbocycles. The van der Waals surface area contributed by atoms with Gasteiger partial charge in [-0.05, 0) is 12.3 Å². The van der Waals surface area contributed by atoms with E-state index in [-0.39, 0.29) is 22.3 Å². The molecule has 0 aromatic heterocycles. The van der Waals surface area contributed by atoms with E-state index in [1.807, 2.05) is 0 Å². The predicted octanol–water partition coefficient (Wildman–Crippen LogP) is 2.93. The van der Waals surface area contributed by atoms with Crippen LogP contribution in [0.5, 0.6) is 0 Å². The van der Waals surface area contributed by atoms with Crippen molar-refractivity contribution in [3.8, 4) is 0 Å². The predicted molar refractivity (Wildman–Crippen MR) is 46.7 cm³/mol. The second-order valence-corrected chi connectivity index (χ2v) is 1.91. The molecular formula is C8H24O. The minimum absolute atomic E-state index is 0. The molecule has 0 unspecified atom stereocenters. The number of rotatable bonds is 2. The van der Waals surface area contributed by atoms with Gasteiger partial charge >= 0.3 is 0 Å². The van der Waals surface area contributed by atoms with Crippen LogP contribution in [0.2, 0.25) is 0 Å². The number of aliphatic hydroxyl groups excluding tert-OH is 1. The van der Waals surface area contributed by atoms with Gasteiger partial charge in [0.1, 0.15) is 0 Å². The maximum Gasteiger partial charge on any atom is 0.0433 e. The third kappa shape index (κ3) is 32.3. The van der Waals surface area contributed by atoms with Crippen molar-refractivity contribution in [2.75, 3.05) is 6.61 Å². The fourth-order valence-electron chi connectivity index (χ4n) is 0.258. The van der Waals surface area contributed by atoms with Crippen LogP contribution in [-0.4, -0.2) is 11.7 Å². The van der Waals surface area contributed by atoms with Gasteiger partial charge in [-0.15, -0.1) is 0 Å². The zero-order valence-corrected chi connectivity index (χ0v) is 4.44. The van der Waals surface area contributed by atoms with Gasteiger partial charge in [0.25, 0.3) is 0 Å². The van der Waals surface area contributed by atoms with Crippen molar-refractivity contribution in [1.82, 2.24) is 0 Å². The molecule has 9 heavy (non-hydrogen) atoms. The Morgan fingerprint density at radius 1 is 1.11 bits per heavy atom. The summed E-state index contributed by atoms with van der Waals surface area (Å²) in [6.45, 7) is 4.52. The van der Waals surface area contributed by atoms with Gasteiger partial charge < -0.3 is 5.11 Å². The Morgan fingerprint density at radius 3 is 1.44 bits per heavy atom. The third-order valence-corrected chi connectivity index (χ3v) is 0.706. The minimum Gasteiger partial charge on any atom is -0.396 e. The maximum absolute atomic E-state index is 8.24. The molecule has 0 fully saturated rings. The highest BCUT2D eigenvalue weighted by Gasteiger charge is 1.86. The Hall–Kier alpha value is -0.0400. The van der Waals surface area contributed by atoms with Crippen LogP contribution in [-0.2, 0) is 0 Å². The zero-order valence-electron chi connectivity index (χ0n) is 4.44. The van der Waals surface area contributed by atoms with Crippen LogP contribution in [0.3, 0.4) is 0 Å². The van der Waals surface area contributed by atoms with E-state index in [4.69, 9.17) is 5.11 Å². The van der Waals surface area contributed by atoms with E-state index in [0.717, 1.165) is 6.42 Å². The molecule has 0 atom stereocenters. The number of aliphatic hydroxyl groups is 1. The lowest BCUT2D eigenvalue weighted by Crippen LogP contribution is -1.89. The van der Waals surface area contributed by atoms with E-state index < -0.39 is 0 Å². The molecule has 0 aliphatic heterocycles. The second kappa shape index (κ2) is 15.7. The second-order valence-electron chi connectivity index (χ2n) is 1.91. The van der Waals surface area contributed by atoms with Crippen LogP contribution in [0.1, 0.15) is 42.5 Å². The van der Waals surface area contributed by atoms with Gasteiger partial charge in [0.05, 0.1) is 0 Å². The Kier molecular flexibility index (Phi) is 40.2. The normalized spacial score (nSPS) is 6.67. The fraction of sp³-hybridized carbons (Fsp3) is 1.00. The lowest BCUT2D eigenvalue weighted by atomic mass is 10.2. The van der Waals surface area contributed by atoms with Gasteiger partial charge in [0.15, 0.2) is 0 Å². The highest BCUT2D eigenvalue weighted by Crippen LogP contribution is 1.94. The fourth-order valence-corrected chi connectivity index (χ4v) is 0.258. The molecule has 1 N–H and O–H groups in total. The Morgan fingerprint density at radius 2 is 1.44 bits per heavy atom. The van der Waals surface area contributed by atoms with Gasteiger partial charge in [0, 0.05) is 6.61 Å². The number of hydrogen-bond donors (Lipinski definition) is 1. The smallest absolute Gasteiger partial charge is 0.0433 e. The van der Waals surface area contributed by atoms with Crippen molar-refractivity contribution >= 4 is 0 Å². The molecule has 0 radical (unpaired) electrons. The van der Waals surface area contributed by atoms with E-state index in [1.54, 1.807) is 0 Å². The van der Waals surface area contributed by atoms with Crippen molar-refractivity contribution < 1.29 is 5.11 Å². The third-order valence-electron chi connectivity index (χ3n) is 0.706. The molecule has 0 spiro atoms. The molecule has 0 heterocycles. The molecule has 0 amide bonds. The highest BCUT2D eigenvalue weighted by atomic mass is 16.2. The first-order valence-electron chi connectivity index (χ1n) is 2.38. The van der Waals surface area contributed by atoms with Crippen LogP contribution >= 0.6 is 0 Å². The molecule has 0 saturated carbocycles. The molecule has 1 heteroatoms. The first-order valence-corrected chi connectivity index (χ1v) is 2.38. The monoisotopic (exact) mass is 136 g/mol. The summed E-state index contributed by atoms with van der Waals surface area (Å²) in [5, 5.41) is 8.24. The molecule has 0 bridgehead atoms. The van der Waals surface area contributed by atoms with E-state index in [0.29, 0.717) is 12.5 Å². The van der Waals surface area contributed by atoms with E-state index >= 15 is 0 Å². The Bertz CT molecular complexity index is 25.7. The average Bonchev–Trinajstić information content (AvgIpc) is 1.35. The van der Waals surface area contributed by atoms with Crippen LogP contribution in [0.4, 0.5) is 0 Å². The van der Waals surface area contributed by atoms with Crippen LogP contribution in [0, 0.1) is 5.92 Å². The van der Waals surface area contributed by atoms with Gasteiger partial charge in [0.2, 0.25) is 0 Å². The molecule has 0 saturated heterocycles. The molecule has 1 nitrogen and oxygen atoms in total. The summed E-state index contributed by atoms with van der Waals surface area (Å²) < 4.78 is 0. The van der Waals surface area contributed by atoms with E-state index in [1.165, 1.54) is 0 Å². The van der Waals surface area contributed by atoms with E-state index in [2.05, 4.69) is 13.8 Å². The first-order chi connectivity index (χ1) is 2.77. The number of hydrogen-bond acceptors (Lipinski definition) is 1. The van der Waals surface area contributed by atoms with Gasteiger partial charge in [-0.25, -0.2) is 0 Å². The lowest BCUT2D eigenvalue weighted by molar-refractivity contribution is 0.268. The van der Waals surface area contributed by atoms with Gasteiger partial charge in [-0.2, -0.15) is 0 Å². The van der Waals surface area contributed by atoms with Crippen molar-refractivity contribution in [3.05, 3.63) is 0 Å². The summed E-state index contributed by atoms with van der Waals surface area (Å²) in [5.41, 5.74) is 0. The molecule has 0 aliphatic rings. The highest BCUT2D eigenvalue weighted by molar-refractivity contribution is 4.38. The van der Waals surface area contributed by atoms with E-state index in [9.17, 15) is 0 Å². The van der Waals surface area contributed by atoms with Crippen molar-refractivity contribution in [2.24, 2.45) is 5.92 Å². The van der Waals surface area contributed by atoms with Gasteiger partial charge in [-0.3, -0.25) is 0 Å². The van der Waals surface area contributed by atoms with Gasteiger partial charge in [-0.1, -0.05) is 36.1 Å². The lowest BCUT2D eigenvalue weighted by Gasteiger charge is -1.95. The Balaban J connectivity index is -0.0000000417. The summed E-state index contributed by atoms with van der Waals surface area (Å²) in [6.07, 6.45) is 0.931. The standard InChI is InChI=1S/C5H12O.3CH4/c1-5(2)3-4-6;;;/h5-6H,3-4H2,1-2H3;3*1H4. The molecule has 0 aromatic carbocycles. The quantitative estimate of drug-likeness (QED) is 0.619. The van der Waals surface area contributed by atoms with Crippen LogP contribution < -0.4 is 0 Å². The molecular weight excluding hydrogens is 112 g/mol. The summed E-state index contributed by atoms with van der Waals surface area (Å²) >= 11 is 0. The van der Waals surface area contributed by atoms with Crippen molar-refractivity contribution in [2.45, 2.75) is 42.5 Å². The summed E-state index contributed by atoms with van der Waals surface area (Å²) in [5.74, 6) is 0.648. The van der Waals surface area contributed by atoms with Crippen molar-refractivity contribution in [1.29, 1.82) is 0 Å². The minimum atomic E-state index is 0. The molecule has 0 rings (SSSR count). The molecule has 62 valence electrons. The largest absolute Gasteiger partial charge is 0.396 e. The maximum atomic E-state index is 8.24.